The van der Waals surface area contributed by atoms with E-state index in [0.717, 1.165) is 12.8 Å². The zero-order chi connectivity index (χ0) is 11.8. The molecule has 0 bridgehead atoms. The van der Waals surface area contributed by atoms with Gasteiger partial charge in [0.15, 0.2) is 11.6 Å². The molecule has 2 N–H and O–H groups in total. The van der Waals surface area contributed by atoms with Gasteiger partial charge in [0, 0.05) is 11.8 Å². The molecule has 0 aromatic heterocycles. The Hall–Kier alpha value is -1.25. The SMILES string of the molecule is CCCCCCCOc1ccc(N)cc1F. The topological polar surface area (TPSA) is 35.2 Å². The molecule has 16 heavy (non-hydrogen) atoms. The Bertz CT molecular complexity index is 315. The van der Waals surface area contributed by atoms with Gasteiger partial charge in [-0.1, -0.05) is 32.6 Å². The fourth-order valence-electron chi connectivity index (χ4n) is 1.52. The van der Waals surface area contributed by atoms with Gasteiger partial charge in [0.25, 0.3) is 0 Å². The van der Waals surface area contributed by atoms with Gasteiger partial charge in [-0.15, -0.1) is 0 Å². The van der Waals surface area contributed by atoms with E-state index in [2.05, 4.69) is 6.92 Å². The van der Waals surface area contributed by atoms with Crippen LogP contribution >= 0.6 is 0 Å². The first kappa shape index (κ1) is 12.8. The van der Waals surface area contributed by atoms with Crippen LogP contribution in [0.1, 0.15) is 39.0 Å². The van der Waals surface area contributed by atoms with Crippen molar-refractivity contribution >= 4 is 5.69 Å². The van der Waals surface area contributed by atoms with Gasteiger partial charge in [0.2, 0.25) is 0 Å². The van der Waals surface area contributed by atoms with Gasteiger partial charge in [-0.3, -0.25) is 0 Å². The van der Waals surface area contributed by atoms with Gasteiger partial charge in [-0.05, 0) is 18.6 Å². The van der Waals surface area contributed by atoms with Gasteiger partial charge in [-0.25, -0.2) is 4.39 Å². The highest BCUT2D eigenvalue weighted by molar-refractivity contribution is 5.42. The van der Waals surface area contributed by atoms with E-state index < -0.39 is 0 Å². The fraction of sp³-hybridized carbons (Fsp3) is 0.538. The maximum atomic E-state index is 13.3. The summed E-state index contributed by atoms with van der Waals surface area (Å²) in [5.41, 5.74) is 5.87. The Kier molecular flexibility index (Phi) is 5.68. The van der Waals surface area contributed by atoms with Crippen molar-refractivity contribution in [1.29, 1.82) is 0 Å². The van der Waals surface area contributed by atoms with Crippen molar-refractivity contribution < 1.29 is 9.13 Å². The molecular weight excluding hydrogens is 205 g/mol. The Balaban J connectivity index is 2.21. The van der Waals surface area contributed by atoms with Crippen LogP contribution in [0.5, 0.6) is 5.75 Å². The van der Waals surface area contributed by atoms with Gasteiger partial charge in [0.1, 0.15) is 0 Å². The number of halogens is 1. The summed E-state index contributed by atoms with van der Waals surface area (Å²) in [4.78, 5) is 0. The monoisotopic (exact) mass is 225 g/mol. The minimum absolute atomic E-state index is 0.296. The lowest BCUT2D eigenvalue weighted by Crippen LogP contribution is -1.99. The summed E-state index contributed by atoms with van der Waals surface area (Å²) in [6.07, 6.45) is 5.84. The molecule has 0 aliphatic rings. The third kappa shape index (κ3) is 4.51. The number of rotatable bonds is 7. The maximum Gasteiger partial charge on any atom is 0.167 e. The fourth-order valence-corrected chi connectivity index (χ4v) is 1.52. The van der Waals surface area contributed by atoms with Gasteiger partial charge >= 0.3 is 0 Å². The summed E-state index contributed by atoms with van der Waals surface area (Å²) >= 11 is 0. The smallest absolute Gasteiger partial charge is 0.167 e. The highest BCUT2D eigenvalue weighted by Crippen LogP contribution is 2.19. The van der Waals surface area contributed by atoms with Crippen LogP contribution in [0.15, 0.2) is 18.2 Å². The molecule has 0 radical (unpaired) electrons. The second kappa shape index (κ2) is 7.09. The van der Waals surface area contributed by atoms with E-state index >= 15 is 0 Å². The van der Waals surface area contributed by atoms with Gasteiger partial charge < -0.3 is 10.5 Å². The molecule has 90 valence electrons. The molecule has 1 rings (SSSR count). The highest BCUT2D eigenvalue weighted by Gasteiger charge is 2.02. The summed E-state index contributed by atoms with van der Waals surface area (Å²) < 4.78 is 18.6. The summed E-state index contributed by atoms with van der Waals surface area (Å²) in [5, 5.41) is 0. The van der Waals surface area contributed by atoms with Gasteiger partial charge in [-0.2, -0.15) is 0 Å². The van der Waals surface area contributed by atoms with Crippen LogP contribution in [0.2, 0.25) is 0 Å². The Morgan fingerprint density at radius 2 is 1.94 bits per heavy atom. The van der Waals surface area contributed by atoms with Crippen molar-refractivity contribution in [1.82, 2.24) is 0 Å². The number of ether oxygens (including phenoxy) is 1. The third-order valence-electron chi connectivity index (χ3n) is 2.46. The molecule has 0 fully saturated rings. The average Bonchev–Trinajstić information content (AvgIpc) is 2.26. The molecule has 1 aromatic carbocycles. The predicted molar refractivity (Wildman–Crippen MR) is 65.1 cm³/mol. The van der Waals surface area contributed by atoms with E-state index in [9.17, 15) is 4.39 Å². The van der Waals surface area contributed by atoms with Crippen molar-refractivity contribution in [2.75, 3.05) is 12.3 Å². The molecule has 0 atom stereocenters. The number of hydrogen-bond acceptors (Lipinski definition) is 2. The molecule has 0 unspecified atom stereocenters. The summed E-state index contributed by atoms with van der Waals surface area (Å²) in [5.74, 6) is -0.0850. The Labute approximate surface area is 96.6 Å². The van der Waals surface area contributed by atoms with Crippen LogP contribution in [0.25, 0.3) is 0 Å². The standard InChI is InChI=1S/C13H20FNO/c1-2-3-4-5-6-9-16-13-8-7-11(15)10-12(13)14/h7-8,10H,2-6,9,15H2,1H3. The Morgan fingerprint density at radius 1 is 1.19 bits per heavy atom. The number of anilines is 1. The van der Waals surface area contributed by atoms with Crippen LogP contribution in [-0.2, 0) is 0 Å². The second-order valence-electron chi connectivity index (χ2n) is 3.95. The number of nitrogen functional groups attached to an aromatic ring is 1. The normalized spacial score (nSPS) is 10.4. The predicted octanol–water partition coefficient (Wildman–Crippen LogP) is 3.76. The van der Waals surface area contributed by atoms with Crippen molar-refractivity contribution in [3.8, 4) is 5.75 Å². The number of nitrogens with two attached hydrogens (primary N) is 1. The lowest BCUT2D eigenvalue weighted by molar-refractivity contribution is 0.290. The molecule has 0 aliphatic heterocycles. The van der Waals surface area contributed by atoms with Crippen molar-refractivity contribution in [2.45, 2.75) is 39.0 Å². The van der Waals surface area contributed by atoms with E-state index in [4.69, 9.17) is 10.5 Å². The average molecular weight is 225 g/mol. The van der Waals surface area contributed by atoms with E-state index in [1.54, 1.807) is 12.1 Å². The van der Waals surface area contributed by atoms with E-state index in [1.807, 2.05) is 0 Å². The van der Waals surface area contributed by atoms with Crippen LogP contribution < -0.4 is 10.5 Å². The van der Waals surface area contributed by atoms with Crippen LogP contribution in [0.3, 0.4) is 0 Å². The van der Waals surface area contributed by atoms with Gasteiger partial charge in [0.05, 0.1) is 6.61 Å². The van der Waals surface area contributed by atoms with Crippen LogP contribution in [0.4, 0.5) is 10.1 Å². The third-order valence-corrected chi connectivity index (χ3v) is 2.46. The number of unbranched alkanes of at least 4 members (excludes halogenated alkanes) is 4. The molecule has 0 aliphatic carbocycles. The first-order valence-corrected chi connectivity index (χ1v) is 5.92. The van der Waals surface area contributed by atoms with Crippen molar-refractivity contribution in [3.63, 3.8) is 0 Å². The Morgan fingerprint density at radius 3 is 2.62 bits per heavy atom. The molecular formula is C13H20FNO. The lowest BCUT2D eigenvalue weighted by atomic mass is 10.2. The molecule has 0 saturated heterocycles. The lowest BCUT2D eigenvalue weighted by Gasteiger charge is -2.07. The molecule has 1 aromatic rings. The van der Waals surface area contributed by atoms with Crippen molar-refractivity contribution in [3.05, 3.63) is 24.0 Å². The maximum absolute atomic E-state index is 13.3. The molecule has 0 amide bonds. The summed E-state index contributed by atoms with van der Waals surface area (Å²) in [7, 11) is 0. The highest BCUT2D eigenvalue weighted by atomic mass is 19.1. The number of benzene rings is 1. The molecule has 0 saturated carbocycles. The summed E-state index contributed by atoms with van der Waals surface area (Å²) in [6, 6.07) is 4.51. The summed E-state index contributed by atoms with van der Waals surface area (Å²) in [6.45, 7) is 2.75. The van der Waals surface area contributed by atoms with Crippen LogP contribution in [0, 0.1) is 5.82 Å². The van der Waals surface area contributed by atoms with E-state index in [1.165, 1.54) is 25.3 Å². The molecule has 3 heteroatoms. The quantitative estimate of drug-likeness (QED) is 0.566. The van der Waals surface area contributed by atoms with Crippen LogP contribution in [-0.4, -0.2) is 6.61 Å². The first-order valence-electron chi connectivity index (χ1n) is 5.92. The zero-order valence-electron chi connectivity index (χ0n) is 9.84. The molecule has 2 nitrogen and oxygen atoms in total. The minimum atomic E-state index is -0.381. The van der Waals surface area contributed by atoms with E-state index in [0.29, 0.717) is 18.0 Å². The zero-order valence-corrected chi connectivity index (χ0v) is 9.84. The second-order valence-corrected chi connectivity index (χ2v) is 3.95. The van der Waals surface area contributed by atoms with Crippen molar-refractivity contribution in [2.24, 2.45) is 0 Å². The number of hydrogen-bond donors (Lipinski definition) is 1. The van der Waals surface area contributed by atoms with E-state index in [-0.39, 0.29) is 5.82 Å². The molecule has 0 heterocycles. The largest absolute Gasteiger partial charge is 0.491 e. The molecule has 0 spiro atoms. The minimum Gasteiger partial charge on any atom is -0.491 e. The first-order chi connectivity index (χ1) is 7.74.